The number of H-pyrrole nitrogens is 1. The number of aryl methyl sites for hydroxylation is 1. The molecular formula is C21H24BrClN2O. The van der Waals surface area contributed by atoms with Crippen LogP contribution in [0.3, 0.4) is 0 Å². The normalized spacial score (nSPS) is 13.7. The monoisotopic (exact) mass is 434 g/mol. The summed E-state index contributed by atoms with van der Waals surface area (Å²) in [5, 5.41) is 4.94. The number of hydrogen-bond acceptors (Lipinski definition) is 2. The molecule has 3 aromatic rings. The number of benzene rings is 2. The van der Waals surface area contributed by atoms with Gasteiger partial charge in [-0.05, 0) is 67.3 Å². The Hall–Kier alpha value is -1.49. The topological polar surface area (TPSA) is 37.0 Å². The lowest BCUT2D eigenvalue weighted by atomic mass is 9.99. The lowest BCUT2D eigenvalue weighted by Gasteiger charge is -2.08. The lowest BCUT2D eigenvalue weighted by Crippen LogP contribution is -2.16. The largest absolute Gasteiger partial charge is 0.494 e. The first-order valence-electron chi connectivity index (χ1n) is 9.01. The minimum Gasteiger partial charge on any atom is -0.494 e. The maximum Gasteiger partial charge on any atom is 0.119 e. The minimum atomic E-state index is 0. The van der Waals surface area contributed by atoms with Crippen molar-refractivity contribution in [3.8, 4) is 5.75 Å². The van der Waals surface area contributed by atoms with Crippen LogP contribution >= 0.6 is 28.3 Å². The van der Waals surface area contributed by atoms with Gasteiger partial charge in [-0.3, -0.25) is 0 Å². The molecular weight excluding hydrogens is 412 g/mol. The fourth-order valence-electron chi connectivity index (χ4n) is 3.68. The van der Waals surface area contributed by atoms with Gasteiger partial charge in [0.2, 0.25) is 0 Å². The molecule has 138 valence electrons. The first-order chi connectivity index (χ1) is 12.3. The average molecular weight is 436 g/mol. The maximum absolute atomic E-state index is 5.87. The molecule has 1 aromatic heterocycles. The molecule has 1 aliphatic rings. The fourth-order valence-corrected chi connectivity index (χ4v) is 3.95. The van der Waals surface area contributed by atoms with Gasteiger partial charge in [0.05, 0.1) is 6.61 Å². The fraction of sp³-hybridized carbons (Fsp3) is 0.333. The molecule has 1 aliphatic heterocycles. The van der Waals surface area contributed by atoms with E-state index in [-0.39, 0.29) is 12.4 Å². The standard InChI is InChI=1S/C21H23BrN2O.ClH/c22-16-6-8-17(9-7-16)25-14-2-4-15-3-1-5-20-21(15)18-10-12-23-13-11-19(18)24-20;/h1,3,5-9,23-24H,2,4,10-14H2;1H. The van der Waals surface area contributed by atoms with Gasteiger partial charge in [0.15, 0.2) is 0 Å². The van der Waals surface area contributed by atoms with E-state index in [4.69, 9.17) is 4.74 Å². The van der Waals surface area contributed by atoms with Gasteiger partial charge >= 0.3 is 0 Å². The van der Waals surface area contributed by atoms with Crippen LogP contribution in [-0.4, -0.2) is 24.7 Å². The third-order valence-electron chi connectivity index (χ3n) is 4.88. The zero-order valence-electron chi connectivity index (χ0n) is 14.7. The van der Waals surface area contributed by atoms with Crippen molar-refractivity contribution in [3.05, 3.63) is 63.8 Å². The molecule has 26 heavy (non-hydrogen) atoms. The molecule has 4 rings (SSSR count). The molecule has 2 heterocycles. The van der Waals surface area contributed by atoms with Crippen molar-refractivity contribution in [1.29, 1.82) is 0 Å². The number of hydrogen-bond donors (Lipinski definition) is 2. The number of ether oxygens (including phenoxy) is 1. The molecule has 0 amide bonds. The van der Waals surface area contributed by atoms with Crippen LogP contribution in [0, 0.1) is 0 Å². The van der Waals surface area contributed by atoms with Crippen molar-refractivity contribution in [2.45, 2.75) is 25.7 Å². The van der Waals surface area contributed by atoms with Crippen molar-refractivity contribution in [1.82, 2.24) is 10.3 Å². The van der Waals surface area contributed by atoms with Crippen molar-refractivity contribution >= 4 is 39.2 Å². The third-order valence-corrected chi connectivity index (χ3v) is 5.41. The highest BCUT2D eigenvalue weighted by Gasteiger charge is 2.16. The predicted molar refractivity (Wildman–Crippen MR) is 114 cm³/mol. The van der Waals surface area contributed by atoms with Crippen LogP contribution in [-0.2, 0) is 19.3 Å². The molecule has 3 nitrogen and oxygen atoms in total. The third kappa shape index (κ3) is 4.25. The van der Waals surface area contributed by atoms with E-state index in [2.05, 4.69) is 44.4 Å². The van der Waals surface area contributed by atoms with Crippen molar-refractivity contribution in [2.24, 2.45) is 0 Å². The van der Waals surface area contributed by atoms with Gasteiger partial charge in [-0.15, -0.1) is 12.4 Å². The summed E-state index contributed by atoms with van der Waals surface area (Å²) in [7, 11) is 0. The van der Waals surface area contributed by atoms with Gasteiger partial charge in [0.1, 0.15) is 5.75 Å². The van der Waals surface area contributed by atoms with Gasteiger partial charge in [-0.25, -0.2) is 0 Å². The molecule has 0 fully saturated rings. The second kappa shape index (κ2) is 8.94. The van der Waals surface area contributed by atoms with Crippen LogP contribution in [0.2, 0.25) is 0 Å². The number of rotatable bonds is 5. The van der Waals surface area contributed by atoms with Crippen molar-refractivity contribution in [3.63, 3.8) is 0 Å². The summed E-state index contributed by atoms with van der Waals surface area (Å²) in [6, 6.07) is 14.7. The van der Waals surface area contributed by atoms with Gasteiger partial charge in [0.25, 0.3) is 0 Å². The molecule has 0 bridgehead atoms. The Labute approximate surface area is 169 Å². The Morgan fingerprint density at radius 3 is 2.65 bits per heavy atom. The Morgan fingerprint density at radius 2 is 1.81 bits per heavy atom. The summed E-state index contributed by atoms with van der Waals surface area (Å²) in [4.78, 5) is 3.64. The Morgan fingerprint density at radius 1 is 1.00 bits per heavy atom. The van der Waals surface area contributed by atoms with Crippen LogP contribution < -0.4 is 10.1 Å². The molecule has 0 spiro atoms. The number of halogens is 2. The molecule has 0 atom stereocenters. The predicted octanol–water partition coefficient (Wildman–Crippen LogP) is 5.05. The molecule has 0 radical (unpaired) electrons. The zero-order valence-corrected chi connectivity index (χ0v) is 17.1. The van der Waals surface area contributed by atoms with Gasteiger partial charge in [0, 0.05) is 34.0 Å². The molecule has 0 saturated heterocycles. The van der Waals surface area contributed by atoms with Crippen LogP contribution in [0.5, 0.6) is 5.75 Å². The van der Waals surface area contributed by atoms with E-state index < -0.39 is 0 Å². The van der Waals surface area contributed by atoms with E-state index in [9.17, 15) is 0 Å². The first kappa shape index (κ1) is 19.3. The van der Waals surface area contributed by atoms with Crippen LogP contribution in [0.4, 0.5) is 0 Å². The molecule has 0 aliphatic carbocycles. The molecule has 2 aromatic carbocycles. The molecule has 5 heteroatoms. The first-order valence-corrected chi connectivity index (χ1v) is 9.81. The molecule has 0 unspecified atom stereocenters. The smallest absolute Gasteiger partial charge is 0.119 e. The number of nitrogens with one attached hydrogen (secondary N) is 2. The Kier molecular flexibility index (Phi) is 6.63. The van der Waals surface area contributed by atoms with E-state index in [0.717, 1.165) is 55.6 Å². The van der Waals surface area contributed by atoms with Crippen molar-refractivity contribution < 1.29 is 4.74 Å². The highest BCUT2D eigenvalue weighted by Crippen LogP contribution is 2.28. The highest BCUT2D eigenvalue weighted by atomic mass is 79.9. The molecule has 0 saturated carbocycles. The van der Waals surface area contributed by atoms with Gasteiger partial charge in [-0.1, -0.05) is 28.1 Å². The number of aromatic nitrogens is 1. The summed E-state index contributed by atoms with van der Waals surface area (Å²) >= 11 is 3.45. The van der Waals surface area contributed by atoms with E-state index in [0.29, 0.717) is 0 Å². The molecule has 2 N–H and O–H groups in total. The van der Waals surface area contributed by atoms with E-state index in [1.165, 1.54) is 27.7 Å². The summed E-state index contributed by atoms with van der Waals surface area (Å²) < 4.78 is 6.95. The quantitative estimate of drug-likeness (QED) is 0.550. The summed E-state index contributed by atoms with van der Waals surface area (Å²) in [5.74, 6) is 0.933. The summed E-state index contributed by atoms with van der Waals surface area (Å²) in [6.07, 6.45) is 4.27. The van der Waals surface area contributed by atoms with Crippen LogP contribution in [0.1, 0.15) is 23.2 Å². The number of aromatic amines is 1. The van der Waals surface area contributed by atoms with E-state index in [1.54, 1.807) is 0 Å². The van der Waals surface area contributed by atoms with Gasteiger partial charge in [-0.2, -0.15) is 0 Å². The summed E-state index contributed by atoms with van der Waals surface area (Å²) in [6.45, 7) is 2.88. The second-order valence-electron chi connectivity index (χ2n) is 6.58. The van der Waals surface area contributed by atoms with E-state index in [1.807, 2.05) is 24.3 Å². The summed E-state index contributed by atoms with van der Waals surface area (Å²) in [5.41, 5.74) is 5.66. The van der Waals surface area contributed by atoms with E-state index >= 15 is 0 Å². The lowest BCUT2D eigenvalue weighted by molar-refractivity contribution is 0.311. The van der Waals surface area contributed by atoms with Crippen LogP contribution in [0.15, 0.2) is 46.9 Å². The minimum absolute atomic E-state index is 0. The average Bonchev–Trinajstić information content (AvgIpc) is 2.83. The van der Waals surface area contributed by atoms with Crippen molar-refractivity contribution in [2.75, 3.05) is 19.7 Å². The second-order valence-corrected chi connectivity index (χ2v) is 7.49. The number of fused-ring (bicyclic) bond motifs is 3. The SMILES string of the molecule is Brc1ccc(OCCCc2cccc3[nH]c4c(c23)CCNCC4)cc1.Cl. The Balaban J connectivity index is 0.00000196. The van der Waals surface area contributed by atoms with Crippen LogP contribution in [0.25, 0.3) is 10.9 Å². The highest BCUT2D eigenvalue weighted by molar-refractivity contribution is 9.10. The Bertz CT molecular complexity index is 860. The maximum atomic E-state index is 5.87. The van der Waals surface area contributed by atoms with Gasteiger partial charge < -0.3 is 15.0 Å². The zero-order chi connectivity index (χ0) is 17.1.